The van der Waals surface area contributed by atoms with E-state index < -0.39 is 0 Å². The van der Waals surface area contributed by atoms with Gasteiger partial charge in [0.1, 0.15) is 23.6 Å². The number of phenols is 2. The van der Waals surface area contributed by atoms with Crippen LogP contribution in [0.25, 0.3) is 0 Å². The molecule has 0 heterocycles. The lowest BCUT2D eigenvalue weighted by molar-refractivity contribution is 0.457. The monoisotopic (exact) mass is 160 g/mol. The zero-order chi connectivity index (χ0) is 9.14. The summed E-state index contributed by atoms with van der Waals surface area (Å²) in [5.41, 5.74) is -0.0991. The van der Waals surface area contributed by atoms with Crippen molar-refractivity contribution in [1.82, 2.24) is 0 Å². The number of nitrogens with zero attached hydrogens (tertiary/aromatic N) is 2. The summed E-state index contributed by atoms with van der Waals surface area (Å²) in [7, 11) is 0. The molecule has 0 aliphatic carbocycles. The Balaban J connectivity index is 3.41. The summed E-state index contributed by atoms with van der Waals surface area (Å²) in [5, 5.41) is 34.9. The topological polar surface area (TPSA) is 88.0 Å². The summed E-state index contributed by atoms with van der Waals surface area (Å²) in [6, 6.07) is 5.43. The Hall–Kier alpha value is -2.20. The molecule has 0 aliphatic heterocycles. The molecule has 0 aliphatic rings. The molecule has 4 heteroatoms. The first-order valence-electron chi connectivity index (χ1n) is 3.05. The van der Waals surface area contributed by atoms with Gasteiger partial charge < -0.3 is 10.2 Å². The fourth-order valence-corrected chi connectivity index (χ4v) is 0.756. The van der Waals surface area contributed by atoms with Crippen LogP contribution in [0.3, 0.4) is 0 Å². The van der Waals surface area contributed by atoms with E-state index in [1.165, 1.54) is 0 Å². The van der Waals surface area contributed by atoms with Crippen molar-refractivity contribution in [1.29, 1.82) is 10.5 Å². The lowest BCUT2D eigenvalue weighted by Crippen LogP contribution is -1.81. The van der Waals surface area contributed by atoms with Gasteiger partial charge in [0, 0.05) is 12.1 Å². The highest BCUT2D eigenvalue weighted by Crippen LogP contribution is 2.25. The Bertz CT molecular complexity index is 359. The van der Waals surface area contributed by atoms with Crippen molar-refractivity contribution in [2.45, 2.75) is 0 Å². The summed E-state index contributed by atoms with van der Waals surface area (Å²) in [6.45, 7) is 0. The molecule has 1 rings (SSSR count). The molecule has 0 spiro atoms. The fourth-order valence-electron chi connectivity index (χ4n) is 0.756. The third kappa shape index (κ3) is 1.14. The molecule has 12 heavy (non-hydrogen) atoms. The average molecular weight is 160 g/mol. The van der Waals surface area contributed by atoms with Crippen molar-refractivity contribution in [2.24, 2.45) is 0 Å². The highest BCUT2D eigenvalue weighted by Gasteiger charge is 2.06. The second-order valence-electron chi connectivity index (χ2n) is 2.11. The van der Waals surface area contributed by atoms with Gasteiger partial charge in [0.25, 0.3) is 0 Å². The number of hydrogen-bond acceptors (Lipinski definition) is 4. The molecule has 1 aromatic carbocycles. The summed E-state index contributed by atoms with van der Waals surface area (Å²) in [6.07, 6.45) is 0. The van der Waals surface area contributed by atoms with Crippen LogP contribution in [-0.2, 0) is 0 Å². The number of rotatable bonds is 0. The first-order valence-corrected chi connectivity index (χ1v) is 3.05. The maximum Gasteiger partial charge on any atom is 0.134 e. The van der Waals surface area contributed by atoms with Crippen molar-refractivity contribution < 1.29 is 10.2 Å². The molecule has 0 radical (unpaired) electrons. The molecule has 58 valence electrons. The van der Waals surface area contributed by atoms with Gasteiger partial charge >= 0.3 is 0 Å². The van der Waals surface area contributed by atoms with Gasteiger partial charge in [-0.1, -0.05) is 0 Å². The molecule has 0 bridgehead atoms. The largest absolute Gasteiger partial charge is 0.507 e. The van der Waals surface area contributed by atoms with E-state index in [1.54, 1.807) is 12.1 Å². The van der Waals surface area contributed by atoms with E-state index in [2.05, 4.69) is 0 Å². The average Bonchev–Trinajstić information content (AvgIpc) is 2.08. The minimum absolute atomic E-state index is 0.0495. The van der Waals surface area contributed by atoms with Gasteiger partial charge in [-0.2, -0.15) is 10.5 Å². The molecule has 0 unspecified atom stereocenters. The van der Waals surface area contributed by atoms with Crippen LogP contribution in [0.2, 0.25) is 0 Å². The number of nitriles is 2. The summed E-state index contributed by atoms with van der Waals surface area (Å²) >= 11 is 0. The van der Waals surface area contributed by atoms with E-state index in [0.29, 0.717) is 0 Å². The molecule has 4 nitrogen and oxygen atoms in total. The molecule has 1 aromatic rings. The maximum atomic E-state index is 9.06. The molecule has 2 N–H and O–H groups in total. The van der Waals surface area contributed by atoms with Crippen LogP contribution < -0.4 is 0 Å². The van der Waals surface area contributed by atoms with Gasteiger partial charge in [-0.3, -0.25) is 0 Å². The molecule has 0 aromatic heterocycles. The number of aromatic hydroxyl groups is 2. The van der Waals surface area contributed by atoms with Crippen molar-refractivity contribution in [3.8, 4) is 23.6 Å². The van der Waals surface area contributed by atoms with Crippen molar-refractivity contribution in [3.63, 3.8) is 0 Å². The van der Waals surface area contributed by atoms with Gasteiger partial charge in [-0.15, -0.1) is 0 Å². The van der Waals surface area contributed by atoms with Crippen molar-refractivity contribution >= 4 is 0 Å². The molecule has 0 fully saturated rings. The first kappa shape index (κ1) is 7.90. The van der Waals surface area contributed by atoms with Crippen molar-refractivity contribution in [2.75, 3.05) is 0 Å². The minimum Gasteiger partial charge on any atom is -0.507 e. The van der Waals surface area contributed by atoms with Crippen LogP contribution in [0.5, 0.6) is 11.5 Å². The Labute approximate surface area is 68.5 Å². The number of hydrogen-bond donors (Lipinski definition) is 2. The van der Waals surface area contributed by atoms with Gasteiger partial charge in [0.2, 0.25) is 0 Å². The molecular formula is C8H4N2O2. The zero-order valence-corrected chi connectivity index (χ0v) is 5.94. The molecule has 0 saturated carbocycles. The first-order chi connectivity index (χ1) is 5.69. The summed E-state index contributed by atoms with van der Waals surface area (Å²) in [5.74, 6) is -0.598. The number of phenolic OH excluding ortho intramolecular Hbond substituents is 2. The molecule has 0 saturated heterocycles. The van der Waals surface area contributed by atoms with E-state index in [9.17, 15) is 0 Å². The third-order valence-corrected chi connectivity index (χ3v) is 1.35. The zero-order valence-electron chi connectivity index (χ0n) is 5.94. The molecule has 0 amide bonds. The minimum atomic E-state index is -0.299. The van der Waals surface area contributed by atoms with E-state index >= 15 is 0 Å². The lowest BCUT2D eigenvalue weighted by atomic mass is 10.1. The van der Waals surface area contributed by atoms with E-state index in [4.69, 9.17) is 20.7 Å². The van der Waals surface area contributed by atoms with Crippen LogP contribution in [0.1, 0.15) is 11.1 Å². The smallest absolute Gasteiger partial charge is 0.134 e. The standard InChI is InChI=1S/C8H4N2O2/c9-3-5-1-7(11)6(4-10)2-8(5)12/h1-2,11-12H. The van der Waals surface area contributed by atoms with Crippen LogP contribution >= 0.6 is 0 Å². The SMILES string of the molecule is N#Cc1cc(O)c(C#N)cc1O. The lowest BCUT2D eigenvalue weighted by Gasteiger charge is -1.98. The second kappa shape index (κ2) is 2.81. The van der Waals surface area contributed by atoms with Crippen LogP contribution in [0, 0.1) is 22.7 Å². The number of benzene rings is 1. The molecular weight excluding hydrogens is 156 g/mol. The van der Waals surface area contributed by atoms with Crippen LogP contribution in [0.15, 0.2) is 12.1 Å². The predicted molar refractivity (Wildman–Crippen MR) is 39.2 cm³/mol. The maximum absolute atomic E-state index is 9.06. The third-order valence-electron chi connectivity index (χ3n) is 1.35. The fraction of sp³-hybridized carbons (Fsp3) is 0. The van der Waals surface area contributed by atoms with E-state index in [-0.39, 0.29) is 22.6 Å². The van der Waals surface area contributed by atoms with Crippen LogP contribution in [-0.4, -0.2) is 10.2 Å². The molecule has 0 atom stereocenters. The van der Waals surface area contributed by atoms with Gasteiger partial charge in [-0.25, -0.2) is 0 Å². The van der Waals surface area contributed by atoms with Crippen LogP contribution in [0.4, 0.5) is 0 Å². The Morgan fingerprint density at radius 1 is 0.917 bits per heavy atom. The highest BCUT2D eigenvalue weighted by atomic mass is 16.3. The summed E-state index contributed by atoms with van der Waals surface area (Å²) < 4.78 is 0. The van der Waals surface area contributed by atoms with Gasteiger partial charge in [0.05, 0.1) is 11.1 Å². The Morgan fingerprint density at radius 3 is 1.50 bits per heavy atom. The predicted octanol–water partition coefficient (Wildman–Crippen LogP) is 0.841. The quantitative estimate of drug-likeness (QED) is 0.550. The van der Waals surface area contributed by atoms with E-state index in [1.807, 2.05) is 0 Å². The second-order valence-corrected chi connectivity index (χ2v) is 2.11. The summed E-state index contributed by atoms with van der Waals surface area (Å²) in [4.78, 5) is 0. The van der Waals surface area contributed by atoms with Gasteiger partial charge in [0.15, 0.2) is 0 Å². The Kier molecular flexibility index (Phi) is 1.85. The van der Waals surface area contributed by atoms with Crippen molar-refractivity contribution in [3.05, 3.63) is 23.3 Å². The van der Waals surface area contributed by atoms with E-state index in [0.717, 1.165) is 12.1 Å². The highest BCUT2D eigenvalue weighted by molar-refractivity contribution is 5.54. The van der Waals surface area contributed by atoms with Gasteiger partial charge in [-0.05, 0) is 0 Å². The normalized spacial score (nSPS) is 8.50. The Morgan fingerprint density at radius 2 is 1.25 bits per heavy atom.